The zero-order valence-corrected chi connectivity index (χ0v) is 12.1. The molecule has 1 aliphatic heterocycles. The molecule has 3 rings (SSSR count). The third-order valence-corrected chi connectivity index (χ3v) is 3.50. The molecule has 0 bridgehead atoms. The van der Waals surface area contributed by atoms with Gasteiger partial charge in [0.15, 0.2) is 11.5 Å². The maximum Gasteiger partial charge on any atom is 0.238 e. The van der Waals surface area contributed by atoms with Crippen LogP contribution in [0.1, 0.15) is 17.4 Å². The summed E-state index contributed by atoms with van der Waals surface area (Å²) in [6.45, 7) is 0.169. The highest BCUT2D eigenvalue weighted by Crippen LogP contribution is 2.42. The first-order valence-electron chi connectivity index (χ1n) is 5.82. The van der Waals surface area contributed by atoms with Crippen molar-refractivity contribution in [1.29, 1.82) is 0 Å². The van der Waals surface area contributed by atoms with Crippen LogP contribution in [0.5, 0.6) is 17.4 Å². The number of aromatic nitrogens is 2. The lowest BCUT2D eigenvalue weighted by atomic mass is 10.1. The van der Waals surface area contributed by atoms with E-state index in [-0.39, 0.29) is 12.7 Å². The van der Waals surface area contributed by atoms with Crippen molar-refractivity contribution in [3.8, 4) is 17.4 Å². The summed E-state index contributed by atoms with van der Waals surface area (Å²) in [4.78, 5) is 8.15. The smallest absolute Gasteiger partial charge is 0.238 e. The van der Waals surface area contributed by atoms with Crippen LogP contribution in [0.4, 0.5) is 0 Å². The average molecular weight is 339 g/mol. The molecule has 2 aromatic rings. The maximum absolute atomic E-state index is 10.5. The monoisotopic (exact) mass is 338 g/mol. The molecular formula is C13H11BrN2O4. The second kappa shape index (κ2) is 5.26. The average Bonchev–Trinajstić information content (AvgIpc) is 2.95. The Morgan fingerprint density at radius 1 is 1.30 bits per heavy atom. The SMILES string of the molecule is COc1nccnc1C(O)c1cc(Br)c2c(c1)OCO2. The van der Waals surface area contributed by atoms with E-state index in [1.165, 1.54) is 19.5 Å². The van der Waals surface area contributed by atoms with Gasteiger partial charge in [0.2, 0.25) is 12.7 Å². The first-order valence-corrected chi connectivity index (χ1v) is 6.62. The Morgan fingerprint density at radius 2 is 2.10 bits per heavy atom. The van der Waals surface area contributed by atoms with Crippen molar-refractivity contribution in [3.63, 3.8) is 0 Å². The Bertz CT molecular complexity index is 650. The molecule has 7 heteroatoms. The molecule has 2 heterocycles. The standard InChI is InChI=1S/C13H11BrN2O4/c1-18-13-10(15-2-3-16-13)11(17)7-4-8(14)12-9(5-7)19-6-20-12/h2-5,11,17H,6H2,1H3. The Balaban J connectivity index is 2.02. The number of nitrogens with zero attached hydrogens (tertiary/aromatic N) is 2. The van der Waals surface area contributed by atoms with Crippen molar-refractivity contribution < 1.29 is 19.3 Å². The molecule has 1 aromatic heterocycles. The quantitative estimate of drug-likeness (QED) is 0.923. The molecule has 1 unspecified atom stereocenters. The number of aliphatic hydroxyl groups excluding tert-OH is 1. The second-order valence-corrected chi connectivity index (χ2v) is 4.94. The topological polar surface area (TPSA) is 73.7 Å². The fourth-order valence-corrected chi connectivity index (χ4v) is 2.56. The predicted octanol–water partition coefficient (Wildman–Crippen LogP) is 2.06. The van der Waals surface area contributed by atoms with E-state index < -0.39 is 6.10 Å². The van der Waals surface area contributed by atoms with Crippen molar-refractivity contribution in [2.45, 2.75) is 6.10 Å². The summed E-state index contributed by atoms with van der Waals surface area (Å²) in [5, 5.41) is 10.5. The van der Waals surface area contributed by atoms with Gasteiger partial charge in [-0.3, -0.25) is 4.98 Å². The summed E-state index contributed by atoms with van der Waals surface area (Å²) in [6, 6.07) is 3.47. The fourth-order valence-electron chi connectivity index (χ4n) is 1.98. The summed E-state index contributed by atoms with van der Waals surface area (Å²) in [6.07, 6.45) is 2.04. The predicted molar refractivity (Wildman–Crippen MR) is 72.9 cm³/mol. The molecule has 1 N–H and O–H groups in total. The minimum Gasteiger partial charge on any atom is -0.480 e. The third kappa shape index (κ3) is 2.19. The van der Waals surface area contributed by atoms with Gasteiger partial charge >= 0.3 is 0 Å². The summed E-state index contributed by atoms with van der Waals surface area (Å²) >= 11 is 3.39. The Labute approximate surface area is 123 Å². The number of hydrogen-bond acceptors (Lipinski definition) is 6. The Kier molecular flexibility index (Phi) is 3.45. The molecule has 0 saturated carbocycles. The zero-order valence-electron chi connectivity index (χ0n) is 10.5. The molecule has 1 atom stereocenters. The van der Waals surface area contributed by atoms with Crippen LogP contribution in [0.3, 0.4) is 0 Å². The van der Waals surface area contributed by atoms with E-state index >= 15 is 0 Å². The largest absolute Gasteiger partial charge is 0.480 e. The van der Waals surface area contributed by atoms with E-state index in [0.29, 0.717) is 27.2 Å². The van der Waals surface area contributed by atoms with Crippen LogP contribution >= 0.6 is 15.9 Å². The number of rotatable bonds is 3. The van der Waals surface area contributed by atoms with Gasteiger partial charge in [0.25, 0.3) is 0 Å². The minimum absolute atomic E-state index is 0.169. The van der Waals surface area contributed by atoms with Gasteiger partial charge in [0, 0.05) is 12.4 Å². The summed E-state index contributed by atoms with van der Waals surface area (Å²) in [7, 11) is 1.48. The van der Waals surface area contributed by atoms with Crippen molar-refractivity contribution in [3.05, 3.63) is 40.3 Å². The van der Waals surface area contributed by atoms with E-state index in [9.17, 15) is 5.11 Å². The van der Waals surface area contributed by atoms with E-state index in [1.54, 1.807) is 12.1 Å². The molecule has 0 spiro atoms. The number of halogens is 1. The molecule has 1 aromatic carbocycles. The van der Waals surface area contributed by atoms with Gasteiger partial charge in [0.05, 0.1) is 11.6 Å². The summed E-state index contributed by atoms with van der Waals surface area (Å²) in [5.41, 5.74) is 0.959. The molecule has 20 heavy (non-hydrogen) atoms. The summed E-state index contributed by atoms with van der Waals surface area (Å²) < 4.78 is 16.5. The number of hydrogen-bond donors (Lipinski definition) is 1. The van der Waals surface area contributed by atoms with Crippen LogP contribution in [0, 0.1) is 0 Å². The van der Waals surface area contributed by atoms with Crippen LogP contribution in [0.15, 0.2) is 29.0 Å². The van der Waals surface area contributed by atoms with Gasteiger partial charge in [-0.25, -0.2) is 4.98 Å². The lowest BCUT2D eigenvalue weighted by Gasteiger charge is -2.14. The maximum atomic E-state index is 10.5. The first-order chi connectivity index (χ1) is 9.70. The number of fused-ring (bicyclic) bond motifs is 1. The van der Waals surface area contributed by atoms with Crippen LogP contribution < -0.4 is 14.2 Å². The van der Waals surface area contributed by atoms with Crippen LogP contribution in [0.2, 0.25) is 0 Å². The van der Waals surface area contributed by atoms with Gasteiger partial charge < -0.3 is 19.3 Å². The summed E-state index contributed by atoms with van der Waals surface area (Å²) in [5.74, 6) is 1.50. The molecule has 0 amide bonds. The number of aliphatic hydroxyl groups is 1. The molecule has 104 valence electrons. The molecule has 0 radical (unpaired) electrons. The van der Waals surface area contributed by atoms with Gasteiger partial charge in [-0.1, -0.05) is 0 Å². The normalized spacial score (nSPS) is 14.2. The number of methoxy groups -OCH3 is 1. The second-order valence-electron chi connectivity index (χ2n) is 4.09. The van der Waals surface area contributed by atoms with Gasteiger partial charge in [-0.05, 0) is 33.6 Å². The lowest BCUT2D eigenvalue weighted by Crippen LogP contribution is -2.06. The number of ether oxygens (including phenoxy) is 3. The third-order valence-electron chi connectivity index (χ3n) is 2.91. The van der Waals surface area contributed by atoms with E-state index in [4.69, 9.17) is 14.2 Å². The van der Waals surface area contributed by atoms with Crippen LogP contribution in [-0.2, 0) is 0 Å². The van der Waals surface area contributed by atoms with Crippen LogP contribution in [-0.4, -0.2) is 29.0 Å². The van der Waals surface area contributed by atoms with Gasteiger partial charge in [-0.2, -0.15) is 0 Å². The fraction of sp³-hybridized carbons (Fsp3) is 0.231. The van der Waals surface area contributed by atoms with E-state index in [1.807, 2.05) is 0 Å². The Hall–Kier alpha value is -1.86. The molecule has 0 fully saturated rings. The minimum atomic E-state index is -0.968. The van der Waals surface area contributed by atoms with E-state index in [0.717, 1.165) is 0 Å². The highest BCUT2D eigenvalue weighted by atomic mass is 79.9. The molecular weight excluding hydrogens is 328 g/mol. The first kappa shape index (κ1) is 13.1. The van der Waals surface area contributed by atoms with Crippen molar-refractivity contribution in [2.24, 2.45) is 0 Å². The zero-order chi connectivity index (χ0) is 14.1. The van der Waals surface area contributed by atoms with Crippen molar-refractivity contribution >= 4 is 15.9 Å². The number of benzene rings is 1. The van der Waals surface area contributed by atoms with Crippen molar-refractivity contribution in [1.82, 2.24) is 9.97 Å². The Morgan fingerprint density at radius 3 is 2.90 bits per heavy atom. The van der Waals surface area contributed by atoms with Gasteiger partial charge in [0.1, 0.15) is 11.8 Å². The van der Waals surface area contributed by atoms with Gasteiger partial charge in [-0.15, -0.1) is 0 Å². The molecule has 0 saturated heterocycles. The van der Waals surface area contributed by atoms with E-state index in [2.05, 4.69) is 25.9 Å². The highest BCUT2D eigenvalue weighted by molar-refractivity contribution is 9.10. The van der Waals surface area contributed by atoms with Crippen LogP contribution in [0.25, 0.3) is 0 Å². The molecule has 1 aliphatic rings. The lowest BCUT2D eigenvalue weighted by molar-refractivity contribution is 0.173. The van der Waals surface area contributed by atoms with Crippen molar-refractivity contribution in [2.75, 3.05) is 13.9 Å². The molecule has 0 aliphatic carbocycles. The highest BCUT2D eigenvalue weighted by Gasteiger charge is 2.24. The molecule has 6 nitrogen and oxygen atoms in total.